The molecule has 0 aromatic heterocycles. The summed E-state index contributed by atoms with van der Waals surface area (Å²) in [6.45, 7) is 10.0. The number of nitrogens with one attached hydrogen (secondary N) is 2. The summed E-state index contributed by atoms with van der Waals surface area (Å²) in [6.07, 6.45) is 0. The van der Waals surface area contributed by atoms with Crippen LogP contribution in [-0.4, -0.2) is 51.4 Å². The van der Waals surface area contributed by atoms with Crippen LogP contribution in [0.5, 0.6) is 0 Å². The number of anilines is 1. The summed E-state index contributed by atoms with van der Waals surface area (Å²) in [6, 6.07) is 9.51. The topological polar surface area (TPSA) is 70.9 Å². The van der Waals surface area contributed by atoms with E-state index >= 15 is 0 Å². The van der Waals surface area contributed by atoms with Gasteiger partial charge < -0.3 is 10.2 Å². The first-order chi connectivity index (χ1) is 14.1. The Bertz CT molecular complexity index is 1040. The number of hydrogen-bond acceptors (Lipinski definition) is 3. The second-order valence-corrected chi connectivity index (χ2v) is 10.8. The van der Waals surface area contributed by atoms with Gasteiger partial charge in [0.1, 0.15) is 0 Å². The third-order valence-corrected chi connectivity index (χ3v) is 8.51. The third kappa shape index (κ3) is 4.94. The van der Waals surface area contributed by atoms with Crippen molar-refractivity contribution in [3.8, 4) is 0 Å². The molecule has 2 N–H and O–H groups in total. The van der Waals surface area contributed by atoms with Crippen molar-refractivity contribution in [2.45, 2.75) is 32.6 Å². The fourth-order valence-electron chi connectivity index (χ4n) is 3.91. The molecule has 0 saturated carbocycles. The van der Waals surface area contributed by atoms with E-state index in [0.717, 1.165) is 37.3 Å². The van der Waals surface area contributed by atoms with Crippen molar-refractivity contribution in [3.05, 3.63) is 57.1 Å². The van der Waals surface area contributed by atoms with Crippen LogP contribution in [0.4, 0.5) is 5.69 Å². The van der Waals surface area contributed by atoms with Crippen molar-refractivity contribution in [1.29, 1.82) is 0 Å². The minimum atomic E-state index is -3.56. The molecule has 2 aromatic rings. The summed E-state index contributed by atoms with van der Waals surface area (Å²) in [7, 11) is -3.56. The van der Waals surface area contributed by atoms with Gasteiger partial charge in [0.05, 0.1) is 31.1 Å². The van der Waals surface area contributed by atoms with E-state index in [1.54, 1.807) is 4.31 Å². The molecule has 0 spiro atoms. The Morgan fingerprint density at radius 1 is 1.07 bits per heavy atom. The Kier molecular flexibility index (Phi) is 7.02. The van der Waals surface area contributed by atoms with E-state index in [2.05, 4.69) is 21.2 Å². The first kappa shape index (κ1) is 22.9. The number of carbonyl (C=O) groups excluding carboxylic acids is 1. The number of quaternary nitrogens is 1. The van der Waals surface area contributed by atoms with Crippen molar-refractivity contribution >= 4 is 37.5 Å². The normalized spacial score (nSPS) is 15.9. The Balaban J connectivity index is 1.65. The molecule has 0 aliphatic carbocycles. The molecule has 0 atom stereocenters. The largest absolute Gasteiger partial charge is 0.325 e. The summed E-state index contributed by atoms with van der Waals surface area (Å²) in [5.74, 6) is -0.0691. The predicted octanol–water partition coefficient (Wildman–Crippen LogP) is 2.21. The van der Waals surface area contributed by atoms with E-state index in [0.29, 0.717) is 37.6 Å². The molecular weight excluding hydrogens is 466 g/mol. The first-order valence-electron chi connectivity index (χ1n) is 10.1. The molecule has 0 bridgehead atoms. The van der Waals surface area contributed by atoms with E-state index < -0.39 is 10.0 Å². The summed E-state index contributed by atoms with van der Waals surface area (Å²) >= 11 is 3.39. The van der Waals surface area contributed by atoms with Crippen LogP contribution >= 0.6 is 15.9 Å². The van der Waals surface area contributed by atoms with Crippen molar-refractivity contribution in [2.24, 2.45) is 0 Å². The summed E-state index contributed by atoms with van der Waals surface area (Å²) in [5, 5.41) is 2.90. The zero-order chi connectivity index (χ0) is 22.1. The standard InChI is InChI=1S/C22H28BrN3O3S/c1-15-12-16(2)18(4)22(17(15)3)30(28,29)26-10-8-25(9-11-26)14-21(27)24-20-7-5-6-19(23)13-20/h5-7,12-13H,8-11,14H2,1-4H3,(H,24,27)/p+1. The molecule has 1 aliphatic heterocycles. The lowest BCUT2D eigenvalue weighted by Crippen LogP contribution is -3.15. The molecule has 6 nitrogen and oxygen atoms in total. The molecule has 162 valence electrons. The zero-order valence-electron chi connectivity index (χ0n) is 17.9. The SMILES string of the molecule is Cc1cc(C)c(C)c(S(=O)(=O)N2CC[NH+](CC(=O)Nc3cccc(Br)c3)CC2)c1C. The summed E-state index contributed by atoms with van der Waals surface area (Å²) in [5.41, 5.74) is 4.37. The maximum absolute atomic E-state index is 13.4. The van der Waals surface area contributed by atoms with Crippen LogP contribution in [0.15, 0.2) is 39.7 Å². The highest BCUT2D eigenvalue weighted by Gasteiger charge is 2.33. The van der Waals surface area contributed by atoms with Crippen LogP contribution in [0, 0.1) is 27.7 Å². The molecule has 8 heteroatoms. The van der Waals surface area contributed by atoms with Gasteiger partial charge in [-0.1, -0.05) is 28.1 Å². The van der Waals surface area contributed by atoms with E-state index in [-0.39, 0.29) is 5.91 Å². The van der Waals surface area contributed by atoms with Crippen LogP contribution in [0.25, 0.3) is 0 Å². The average Bonchev–Trinajstić information content (AvgIpc) is 2.67. The quantitative estimate of drug-likeness (QED) is 0.669. The molecule has 1 fully saturated rings. The van der Waals surface area contributed by atoms with Crippen molar-refractivity contribution in [2.75, 3.05) is 38.0 Å². The number of aryl methyl sites for hydroxylation is 2. The maximum atomic E-state index is 13.4. The lowest BCUT2D eigenvalue weighted by molar-refractivity contribution is -0.895. The van der Waals surface area contributed by atoms with E-state index in [1.165, 1.54) is 0 Å². The monoisotopic (exact) mass is 494 g/mol. The van der Waals surface area contributed by atoms with Gasteiger partial charge in [-0.15, -0.1) is 0 Å². The molecule has 0 radical (unpaired) electrons. The maximum Gasteiger partial charge on any atom is 0.279 e. The third-order valence-electron chi connectivity index (χ3n) is 5.84. The minimum Gasteiger partial charge on any atom is -0.325 e. The van der Waals surface area contributed by atoms with Gasteiger partial charge in [-0.2, -0.15) is 4.31 Å². The van der Waals surface area contributed by atoms with E-state index in [9.17, 15) is 13.2 Å². The molecular formula is C22H29BrN3O3S+. The molecule has 30 heavy (non-hydrogen) atoms. The first-order valence-corrected chi connectivity index (χ1v) is 12.3. The van der Waals surface area contributed by atoms with Gasteiger partial charge in [0.25, 0.3) is 5.91 Å². The Morgan fingerprint density at radius 2 is 1.67 bits per heavy atom. The van der Waals surface area contributed by atoms with Crippen molar-refractivity contribution in [3.63, 3.8) is 0 Å². The fraction of sp³-hybridized carbons (Fsp3) is 0.409. The Morgan fingerprint density at radius 3 is 2.23 bits per heavy atom. The van der Waals surface area contributed by atoms with Gasteiger partial charge in [-0.25, -0.2) is 8.42 Å². The van der Waals surface area contributed by atoms with Crippen LogP contribution in [0.3, 0.4) is 0 Å². The van der Waals surface area contributed by atoms with Crippen molar-refractivity contribution < 1.29 is 18.1 Å². The van der Waals surface area contributed by atoms with Crippen LogP contribution in [0.1, 0.15) is 22.3 Å². The van der Waals surface area contributed by atoms with Crippen LogP contribution in [0.2, 0.25) is 0 Å². The molecule has 2 aromatic carbocycles. The lowest BCUT2D eigenvalue weighted by Gasteiger charge is -2.32. The van der Waals surface area contributed by atoms with Gasteiger partial charge in [0.2, 0.25) is 10.0 Å². The van der Waals surface area contributed by atoms with Crippen molar-refractivity contribution in [1.82, 2.24) is 4.31 Å². The molecule has 0 unspecified atom stereocenters. The molecule has 3 rings (SSSR count). The van der Waals surface area contributed by atoms with Gasteiger partial charge in [0, 0.05) is 10.2 Å². The summed E-state index contributed by atoms with van der Waals surface area (Å²) < 4.78 is 29.2. The van der Waals surface area contributed by atoms with Gasteiger partial charge in [-0.3, -0.25) is 4.79 Å². The lowest BCUT2D eigenvalue weighted by atomic mass is 10.0. The Labute approximate surface area is 187 Å². The van der Waals surface area contributed by atoms with E-state index in [1.807, 2.05) is 58.0 Å². The molecule has 1 heterocycles. The van der Waals surface area contributed by atoms with Gasteiger partial charge >= 0.3 is 0 Å². The smallest absolute Gasteiger partial charge is 0.279 e. The fourth-order valence-corrected chi connectivity index (χ4v) is 6.33. The second kappa shape index (κ2) is 9.18. The predicted molar refractivity (Wildman–Crippen MR) is 122 cm³/mol. The number of amides is 1. The van der Waals surface area contributed by atoms with E-state index in [4.69, 9.17) is 0 Å². The number of nitrogens with zero attached hydrogens (tertiary/aromatic N) is 1. The van der Waals surface area contributed by atoms with Gasteiger partial charge in [-0.05, 0) is 68.1 Å². The Hall–Kier alpha value is -1.74. The number of carbonyl (C=O) groups is 1. The molecule has 1 aliphatic rings. The van der Waals surface area contributed by atoms with Crippen LogP contribution < -0.4 is 10.2 Å². The number of sulfonamides is 1. The highest BCUT2D eigenvalue weighted by molar-refractivity contribution is 9.10. The minimum absolute atomic E-state index is 0.0691. The number of rotatable bonds is 5. The average molecular weight is 495 g/mol. The number of hydrogen-bond donors (Lipinski definition) is 2. The highest BCUT2D eigenvalue weighted by atomic mass is 79.9. The summed E-state index contributed by atoms with van der Waals surface area (Å²) in [4.78, 5) is 13.9. The highest BCUT2D eigenvalue weighted by Crippen LogP contribution is 2.28. The zero-order valence-corrected chi connectivity index (χ0v) is 20.3. The molecule has 1 saturated heterocycles. The molecule has 1 amide bonds. The van der Waals surface area contributed by atoms with Gasteiger partial charge in [0.15, 0.2) is 6.54 Å². The van der Waals surface area contributed by atoms with Crippen LogP contribution in [-0.2, 0) is 14.8 Å². The number of piperazine rings is 1. The number of halogens is 1. The second-order valence-electron chi connectivity index (χ2n) is 7.98. The number of benzene rings is 2.